The summed E-state index contributed by atoms with van der Waals surface area (Å²) in [4.78, 5) is 8.65. The van der Waals surface area contributed by atoms with Gasteiger partial charge in [0.15, 0.2) is 5.65 Å². The molecule has 0 saturated heterocycles. The van der Waals surface area contributed by atoms with E-state index in [0.717, 1.165) is 24.1 Å². The summed E-state index contributed by atoms with van der Waals surface area (Å²) in [6.07, 6.45) is 4.77. The van der Waals surface area contributed by atoms with E-state index in [4.69, 9.17) is 0 Å². The maximum Gasteiger partial charge on any atom is 0.159 e. The number of fused-ring (bicyclic) bond motifs is 1. The Balaban J connectivity index is 2.28. The molecule has 0 radical (unpaired) electrons. The van der Waals surface area contributed by atoms with Crippen molar-refractivity contribution in [3.63, 3.8) is 0 Å². The van der Waals surface area contributed by atoms with Crippen LogP contribution in [0, 0.1) is 0 Å². The number of hydrogen-bond acceptors (Lipinski definition) is 3. The molecular weight excluding hydrogens is 188 g/mol. The molecule has 0 bridgehead atoms. The Morgan fingerprint density at radius 2 is 2.33 bits per heavy atom. The molecule has 0 aliphatic rings. The molecule has 0 saturated carbocycles. The molecule has 1 unspecified atom stereocenters. The van der Waals surface area contributed by atoms with E-state index in [1.165, 1.54) is 0 Å². The molecule has 2 aromatic rings. The minimum Gasteiger partial charge on any atom is -0.315 e. The fourth-order valence-electron chi connectivity index (χ4n) is 1.69. The summed E-state index contributed by atoms with van der Waals surface area (Å²) >= 11 is 0. The topological polar surface area (TPSA) is 42.7 Å². The Kier molecular flexibility index (Phi) is 2.97. The van der Waals surface area contributed by atoms with Crippen LogP contribution >= 0.6 is 0 Å². The highest BCUT2D eigenvalue weighted by Gasteiger charge is 2.07. The van der Waals surface area contributed by atoms with Crippen molar-refractivity contribution in [2.24, 2.45) is 0 Å². The first-order chi connectivity index (χ1) is 7.35. The van der Waals surface area contributed by atoms with Crippen LogP contribution in [0.1, 0.15) is 13.3 Å². The lowest BCUT2D eigenvalue weighted by atomic mass is 10.2. The number of imidazole rings is 1. The molecule has 0 amide bonds. The lowest BCUT2D eigenvalue weighted by Crippen LogP contribution is -2.29. The van der Waals surface area contributed by atoms with E-state index in [2.05, 4.69) is 26.8 Å². The van der Waals surface area contributed by atoms with Gasteiger partial charge in [-0.05, 0) is 25.6 Å². The van der Waals surface area contributed by atoms with Crippen LogP contribution in [0.5, 0.6) is 0 Å². The first-order valence-corrected chi connectivity index (χ1v) is 5.28. The van der Waals surface area contributed by atoms with Gasteiger partial charge in [0.1, 0.15) is 5.52 Å². The van der Waals surface area contributed by atoms with Gasteiger partial charge < -0.3 is 9.88 Å². The minimum absolute atomic E-state index is 0.476. The van der Waals surface area contributed by atoms with Crippen molar-refractivity contribution in [2.45, 2.75) is 25.9 Å². The number of hydrogen-bond donors (Lipinski definition) is 1. The minimum atomic E-state index is 0.476. The van der Waals surface area contributed by atoms with Crippen molar-refractivity contribution >= 4 is 11.2 Å². The lowest BCUT2D eigenvalue weighted by Gasteiger charge is -2.14. The first-order valence-electron chi connectivity index (χ1n) is 5.28. The maximum atomic E-state index is 4.34. The van der Waals surface area contributed by atoms with Crippen LogP contribution < -0.4 is 5.32 Å². The quantitative estimate of drug-likeness (QED) is 0.819. The van der Waals surface area contributed by atoms with Gasteiger partial charge in [-0.15, -0.1) is 0 Å². The first kappa shape index (κ1) is 10.1. The summed E-state index contributed by atoms with van der Waals surface area (Å²) in [5, 5.41) is 3.28. The zero-order valence-electron chi connectivity index (χ0n) is 9.14. The monoisotopic (exact) mass is 204 g/mol. The average Bonchev–Trinajstić information content (AvgIpc) is 2.69. The normalized spacial score (nSPS) is 13.2. The van der Waals surface area contributed by atoms with Crippen molar-refractivity contribution < 1.29 is 0 Å². The Morgan fingerprint density at radius 1 is 1.47 bits per heavy atom. The fourth-order valence-corrected chi connectivity index (χ4v) is 1.69. The molecule has 0 spiro atoms. The van der Waals surface area contributed by atoms with E-state index in [1.54, 1.807) is 6.20 Å². The number of pyridine rings is 1. The van der Waals surface area contributed by atoms with E-state index >= 15 is 0 Å². The average molecular weight is 204 g/mol. The van der Waals surface area contributed by atoms with Gasteiger partial charge in [-0.25, -0.2) is 9.97 Å². The largest absolute Gasteiger partial charge is 0.315 e. The highest BCUT2D eigenvalue weighted by atomic mass is 15.1. The van der Waals surface area contributed by atoms with Crippen LogP contribution in [-0.2, 0) is 6.54 Å². The second-order valence-corrected chi connectivity index (χ2v) is 3.64. The van der Waals surface area contributed by atoms with Crippen LogP contribution in [0.4, 0.5) is 0 Å². The van der Waals surface area contributed by atoms with E-state index in [1.807, 2.05) is 25.5 Å². The second-order valence-electron chi connectivity index (χ2n) is 3.64. The van der Waals surface area contributed by atoms with Gasteiger partial charge in [-0.3, -0.25) is 0 Å². The summed E-state index contributed by atoms with van der Waals surface area (Å²) in [7, 11) is 1.99. The summed E-state index contributed by atoms with van der Waals surface area (Å²) in [6.45, 7) is 3.09. The summed E-state index contributed by atoms with van der Waals surface area (Å²) < 4.78 is 2.10. The van der Waals surface area contributed by atoms with Gasteiger partial charge in [-0.1, -0.05) is 6.92 Å². The van der Waals surface area contributed by atoms with Crippen LogP contribution in [0.2, 0.25) is 0 Å². The molecule has 15 heavy (non-hydrogen) atoms. The zero-order valence-corrected chi connectivity index (χ0v) is 9.14. The van der Waals surface area contributed by atoms with Crippen LogP contribution in [0.15, 0.2) is 24.7 Å². The summed E-state index contributed by atoms with van der Waals surface area (Å²) in [5.41, 5.74) is 1.93. The van der Waals surface area contributed by atoms with Gasteiger partial charge in [0.25, 0.3) is 0 Å². The smallest absolute Gasteiger partial charge is 0.159 e. The third-order valence-electron chi connectivity index (χ3n) is 2.69. The maximum absolute atomic E-state index is 4.34. The molecule has 1 atom stereocenters. The summed E-state index contributed by atoms with van der Waals surface area (Å²) in [6, 6.07) is 4.37. The molecule has 2 aromatic heterocycles. The molecule has 1 N–H and O–H groups in total. The fraction of sp³-hybridized carbons (Fsp3) is 0.455. The van der Waals surface area contributed by atoms with Gasteiger partial charge in [-0.2, -0.15) is 0 Å². The Bertz CT molecular complexity index is 431. The van der Waals surface area contributed by atoms with E-state index in [0.29, 0.717) is 6.04 Å². The molecule has 2 rings (SSSR count). The van der Waals surface area contributed by atoms with Gasteiger partial charge >= 0.3 is 0 Å². The van der Waals surface area contributed by atoms with Crippen LogP contribution in [-0.4, -0.2) is 27.6 Å². The van der Waals surface area contributed by atoms with Crippen molar-refractivity contribution in [2.75, 3.05) is 7.05 Å². The molecule has 0 aliphatic carbocycles. The summed E-state index contributed by atoms with van der Waals surface area (Å²) in [5.74, 6) is 0. The van der Waals surface area contributed by atoms with Crippen molar-refractivity contribution in [3.05, 3.63) is 24.7 Å². The van der Waals surface area contributed by atoms with Crippen molar-refractivity contribution in [1.82, 2.24) is 19.9 Å². The van der Waals surface area contributed by atoms with Crippen molar-refractivity contribution in [3.8, 4) is 0 Å². The highest BCUT2D eigenvalue weighted by Crippen LogP contribution is 2.09. The molecule has 80 valence electrons. The van der Waals surface area contributed by atoms with E-state index in [-0.39, 0.29) is 0 Å². The molecule has 2 heterocycles. The molecule has 0 fully saturated rings. The number of nitrogens with one attached hydrogen (secondary N) is 1. The zero-order chi connectivity index (χ0) is 10.7. The number of nitrogens with zero attached hydrogens (tertiary/aromatic N) is 3. The van der Waals surface area contributed by atoms with Gasteiger partial charge in [0.05, 0.1) is 6.33 Å². The Labute approximate surface area is 89.3 Å². The van der Waals surface area contributed by atoms with E-state index in [9.17, 15) is 0 Å². The molecule has 0 aromatic carbocycles. The highest BCUT2D eigenvalue weighted by molar-refractivity contribution is 5.69. The number of aromatic nitrogens is 3. The SMILES string of the molecule is CCC(Cn1cnc2cccnc21)NC. The van der Waals surface area contributed by atoms with Crippen molar-refractivity contribution in [1.29, 1.82) is 0 Å². The lowest BCUT2D eigenvalue weighted by molar-refractivity contribution is 0.473. The molecule has 4 nitrogen and oxygen atoms in total. The third-order valence-corrected chi connectivity index (χ3v) is 2.69. The molecular formula is C11H16N4. The number of likely N-dealkylation sites (N-methyl/N-ethyl adjacent to an activating group) is 1. The molecule has 0 aliphatic heterocycles. The second kappa shape index (κ2) is 4.40. The van der Waals surface area contributed by atoms with E-state index < -0.39 is 0 Å². The van der Waals surface area contributed by atoms with Gasteiger partial charge in [0.2, 0.25) is 0 Å². The molecule has 4 heteroatoms. The van der Waals surface area contributed by atoms with Crippen LogP contribution in [0.25, 0.3) is 11.2 Å². The standard InChI is InChI=1S/C11H16N4/c1-3-9(12-2)7-15-8-14-10-5-4-6-13-11(10)15/h4-6,8-9,12H,3,7H2,1-2H3. The number of rotatable bonds is 4. The predicted octanol–water partition coefficient (Wildman–Crippen LogP) is 1.43. The predicted molar refractivity (Wildman–Crippen MR) is 60.7 cm³/mol. The Morgan fingerprint density at radius 3 is 3.07 bits per heavy atom. The third kappa shape index (κ3) is 1.99. The van der Waals surface area contributed by atoms with Crippen LogP contribution in [0.3, 0.4) is 0 Å². The Hall–Kier alpha value is -1.42. The van der Waals surface area contributed by atoms with Gasteiger partial charge in [0, 0.05) is 18.8 Å².